The predicted octanol–water partition coefficient (Wildman–Crippen LogP) is 3.60. The highest BCUT2D eigenvalue weighted by atomic mass is 19.1. The first kappa shape index (κ1) is 15.1. The normalized spacial score (nSPS) is 13.7. The van der Waals surface area contributed by atoms with Gasteiger partial charge in [0.05, 0.1) is 5.60 Å². The molecule has 1 rings (SSSR count). The van der Waals surface area contributed by atoms with Crippen molar-refractivity contribution < 1.29 is 9.13 Å². The van der Waals surface area contributed by atoms with E-state index < -0.39 is 0 Å². The van der Waals surface area contributed by atoms with Gasteiger partial charge in [-0.2, -0.15) is 0 Å². The number of hydrogen-bond donors (Lipinski definition) is 1. The lowest BCUT2D eigenvalue weighted by Gasteiger charge is -2.29. The molecule has 0 fully saturated rings. The lowest BCUT2D eigenvalue weighted by atomic mass is 9.93. The first-order chi connectivity index (χ1) is 8.39. The zero-order valence-corrected chi connectivity index (χ0v) is 12.0. The van der Waals surface area contributed by atoms with E-state index in [-0.39, 0.29) is 17.5 Å². The summed E-state index contributed by atoms with van der Waals surface area (Å²) in [6.45, 7) is 8.77. The molecule has 0 aliphatic rings. The highest BCUT2D eigenvalue weighted by molar-refractivity contribution is 5.26. The van der Waals surface area contributed by atoms with E-state index in [0.717, 1.165) is 18.5 Å². The number of benzene rings is 1. The van der Waals surface area contributed by atoms with Crippen LogP contribution in [0.5, 0.6) is 0 Å². The Labute approximate surface area is 110 Å². The molecule has 0 aromatic heterocycles. The quantitative estimate of drug-likeness (QED) is 0.836. The summed E-state index contributed by atoms with van der Waals surface area (Å²) in [5.41, 5.74) is 1.43. The molecular weight excluding hydrogens is 229 g/mol. The number of hydrogen-bond acceptors (Lipinski definition) is 2. The average Bonchev–Trinajstić information content (AvgIpc) is 2.32. The van der Waals surface area contributed by atoms with E-state index in [1.165, 1.54) is 0 Å². The minimum Gasteiger partial charge on any atom is -0.379 e. The summed E-state index contributed by atoms with van der Waals surface area (Å²) in [5.74, 6) is -0.148. The van der Waals surface area contributed by atoms with Crippen LogP contribution in [0.4, 0.5) is 4.39 Å². The van der Waals surface area contributed by atoms with Crippen LogP contribution in [0.1, 0.15) is 44.4 Å². The third-order valence-corrected chi connectivity index (χ3v) is 3.30. The Morgan fingerprint density at radius 1 is 1.39 bits per heavy atom. The number of ether oxygens (including phenoxy) is 1. The standard InChI is InChI=1S/C15H24FNO/c1-6-17-14(10-15(3,4)18-5)12-8-7-11(2)13(16)9-12/h7-9,14,17H,6,10H2,1-5H3. The molecule has 0 spiro atoms. The van der Waals surface area contributed by atoms with Crippen LogP contribution < -0.4 is 5.32 Å². The van der Waals surface area contributed by atoms with E-state index in [9.17, 15) is 4.39 Å². The molecule has 0 bridgehead atoms. The summed E-state index contributed by atoms with van der Waals surface area (Å²) < 4.78 is 19.1. The van der Waals surface area contributed by atoms with Gasteiger partial charge in [0.25, 0.3) is 0 Å². The van der Waals surface area contributed by atoms with Gasteiger partial charge in [0.2, 0.25) is 0 Å². The van der Waals surface area contributed by atoms with Crippen LogP contribution >= 0.6 is 0 Å². The topological polar surface area (TPSA) is 21.3 Å². The molecule has 1 N–H and O–H groups in total. The Hall–Kier alpha value is -0.930. The highest BCUT2D eigenvalue weighted by Gasteiger charge is 2.23. The van der Waals surface area contributed by atoms with Gasteiger partial charge in [-0.15, -0.1) is 0 Å². The Morgan fingerprint density at radius 2 is 2.06 bits per heavy atom. The summed E-state index contributed by atoms with van der Waals surface area (Å²) in [4.78, 5) is 0. The van der Waals surface area contributed by atoms with Crippen molar-refractivity contribution in [2.45, 2.75) is 45.8 Å². The zero-order chi connectivity index (χ0) is 13.8. The van der Waals surface area contributed by atoms with Crippen LogP contribution in [-0.2, 0) is 4.74 Å². The van der Waals surface area contributed by atoms with Gasteiger partial charge in [0.15, 0.2) is 0 Å². The fourth-order valence-electron chi connectivity index (χ4n) is 1.96. The smallest absolute Gasteiger partial charge is 0.126 e. The summed E-state index contributed by atoms with van der Waals surface area (Å²) >= 11 is 0. The van der Waals surface area contributed by atoms with Gasteiger partial charge in [-0.05, 0) is 50.9 Å². The van der Waals surface area contributed by atoms with E-state index in [2.05, 4.69) is 12.2 Å². The Morgan fingerprint density at radius 3 is 2.56 bits per heavy atom. The molecule has 18 heavy (non-hydrogen) atoms. The third kappa shape index (κ3) is 4.07. The SMILES string of the molecule is CCNC(CC(C)(C)OC)c1ccc(C)c(F)c1. The van der Waals surface area contributed by atoms with Crippen LogP contribution in [0.15, 0.2) is 18.2 Å². The number of methoxy groups -OCH3 is 1. The average molecular weight is 253 g/mol. The molecular formula is C15H24FNO. The minimum atomic E-state index is -0.228. The van der Waals surface area contributed by atoms with E-state index in [1.54, 1.807) is 20.1 Å². The van der Waals surface area contributed by atoms with Gasteiger partial charge >= 0.3 is 0 Å². The summed E-state index contributed by atoms with van der Waals surface area (Å²) in [6.07, 6.45) is 0.805. The molecule has 0 aliphatic heterocycles. The minimum absolute atomic E-state index is 0.111. The van der Waals surface area contributed by atoms with Crippen molar-refractivity contribution in [2.24, 2.45) is 0 Å². The van der Waals surface area contributed by atoms with E-state index >= 15 is 0 Å². The van der Waals surface area contributed by atoms with Gasteiger partial charge in [-0.1, -0.05) is 19.1 Å². The number of nitrogens with one attached hydrogen (secondary N) is 1. The molecule has 0 aliphatic carbocycles. The summed E-state index contributed by atoms with van der Waals surface area (Å²) in [7, 11) is 1.71. The summed E-state index contributed by atoms with van der Waals surface area (Å²) in [6, 6.07) is 5.54. The highest BCUT2D eigenvalue weighted by Crippen LogP contribution is 2.27. The Balaban J connectivity index is 2.93. The Bertz CT molecular complexity index is 390. The molecule has 0 amide bonds. The fraction of sp³-hybridized carbons (Fsp3) is 0.600. The van der Waals surface area contributed by atoms with Crippen molar-refractivity contribution in [1.82, 2.24) is 5.32 Å². The molecule has 2 nitrogen and oxygen atoms in total. The molecule has 102 valence electrons. The lowest BCUT2D eigenvalue weighted by Crippen LogP contribution is -2.32. The van der Waals surface area contributed by atoms with E-state index in [4.69, 9.17) is 4.74 Å². The molecule has 0 heterocycles. The first-order valence-corrected chi connectivity index (χ1v) is 6.44. The number of rotatable bonds is 6. The zero-order valence-electron chi connectivity index (χ0n) is 12.0. The van der Waals surface area contributed by atoms with Gasteiger partial charge in [-0.25, -0.2) is 4.39 Å². The first-order valence-electron chi connectivity index (χ1n) is 6.44. The van der Waals surface area contributed by atoms with E-state index in [0.29, 0.717) is 5.56 Å². The molecule has 3 heteroatoms. The molecule has 1 unspecified atom stereocenters. The van der Waals surface area contributed by atoms with Gasteiger partial charge in [-0.3, -0.25) is 0 Å². The fourth-order valence-corrected chi connectivity index (χ4v) is 1.96. The van der Waals surface area contributed by atoms with Gasteiger partial charge in [0.1, 0.15) is 5.82 Å². The van der Waals surface area contributed by atoms with Crippen molar-refractivity contribution in [3.05, 3.63) is 35.1 Å². The van der Waals surface area contributed by atoms with Gasteiger partial charge in [0, 0.05) is 13.2 Å². The lowest BCUT2D eigenvalue weighted by molar-refractivity contribution is 0.00695. The molecule has 0 saturated heterocycles. The molecule has 1 aromatic rings. The van der Waals surface area contributed by atoms with Crippen molar-refractivity contribution in [1.29, 1.82) is 0 Å². The van der Waals surface area contributed by atoms with Crippen LogP contribution in [0, 0.1) is 12.7 Å². The molecule has 1 aromatic carbocycles. The monoisotopic (exact) mass is 253 g/mol. The second kappa shape index (κ2) is 6.30. The maximum absolute atomic E-state index is 13.6. The molecule has 0 saturated carbocycles. The van der Waals surface area contributed by atoms with Crippen LogP contribution in [0.25, 0.3) is 0 Å². The maximum atomic E-state index is 13.6. The molecule has 1 atom stereocenters. The second-order valence-electron chi connectivity index (χ2n) is 5.29. The van der Waals surface area contributed by atoms with Crippen LogP contribution in [0.3, 0.4) is 0 Å². The third-order valence-electron chi connectivity index (χ3n) is 3.30. The van der Waals surface area contributed by atoms with Crippen molar-refractivity contribution in [3.8, 4) is 0 Å². The maximum Gasteiger partial charge on any atom is 0.126 e. The largest absolute Gasteiger partial charge is 0.379 e. The van der Waals surface area contributed by atoms with Crippen LogP contribution in [-0.4, -0.2) is 19.3 Å². The summed E-state index contributed by atoms with van der Waals surface area (Å²) in [5, 5.41) is 3.39. The van der Waals surface area contributed by atoms with E-state index in [1.807, 2.05) is 26.0 Å². The Kier molecular flexibility index (Phi) is 5.29. The van der Waals surface area contributed by atoms with Crippen LogP contribution in [0.2, 0.25) is 0 Å². The van der Waals surface area contributed by atoms with Crippen molar-refractivity contribution in [2.75, 3.05) is 13.7 Å². The predicted molar refractivity (Wildman–Crippen MR) is 73.3 cm³/mol. The number of aryl methyl sites for hydroxylation is 1. The molecule has 0 radical (unpaired) electrons. The van der Waals surface area contributed by atoms with Gasteiger partial charge < -0.3 is 10.1 Å². The second-order valence-corrected chi connectivity index (χ2v) is 5.29. The van der Waals surface area contributed by atoms with Crippen molar-refractivity contribution >= 4 is 0 Å². The van der Waals surface area contributed by atoms with Crippen molar-refractivity contribution in [3.63, 3.8) is 0 Å². The number of halogens is 1.